The molecule has 0 amide bonds. The van der Waals surface area contributed by atoms with Crippen LogP contribution in [0.4, 0.5) is 0 Å². The molecule has 0 aromatic rings. The lowest BCUT2D eigenvalue weighted by Gasteiger charge is -2.44. The van der Waals surface area contributed by atoms with Gasteiger partial charge in [-0.05, 0) is 78.9 Å². The maximum absolute atomic E-state index is 11.5. The Kier molecular flexibility index (Phi) is 7.49. The molecular formula is C30H40O4. The van der Waals surface area contributed by atoms with Gasteiger partial charge in [-0.15, -0.1) is 0 Å². The molecule has 4 heteroatoms. The summed E-state index contributed by atoms with van der Waals surface area (Å²) in [4.78, 5) is 11.5. The van der Waals surface area contributed by atoms with Crippen molar-refractivity contribution in [2.24, 2.45) is 23.2 Å². The highest BCUT2D eigenvalue weighted by Gasteiger charge is 2.50. The SMILES string of the molecule is C=C1CC(/C=C/C=C/[C@@H](C)[C@H]2CC[C@H]3/C(=C/C=C4/C[C@@H](O)C[C@H](O)C4=C)CCC[C@]23C)OC1=O. The van der Waals surface area contributed by atoms with Gasteiger partial charge in [-0.1, -0.05) is 63.0 Å². The average molecular weight is 465 g/mol. The number of cyclic esters (lactones) is 1. The second-order valence-electron chi connectivity index (χ2n) is 11.0. The van der Waals surface area contributed by atoms with Crippen molar-refractivity contribution in [1.82, 2.24) is 0 Å². The lowest BCUT2D eigenvalue weighted by Crippen LogP contribution is -2.35. The molecule has 34 heavy (non-hydrogen) atoms. The number of esters is 1. The maximum Gasteiger partial charge on any atom is 0.334 e. The molecule has 4 nitrogen and oxygen atoms in total. The topological polar surface area (TPSA) is 66.8 Å². The van der Waals surface area contributed by atoms with E-state index in [-0.39, 0.29) is 17.5 Å². The summed E-state index contributed by atoms with van der Waals surface area (Å²) < 4.78 is 5.26. The van der Waals surface area contributed by atoms with Crippen LogP contribution in [0, 0.1) is 23.2 Å². The number of ether oxygens (including phenoxy) is 1. The molecule has 0 spiro atoms. The maximum atomic E-state index is 11.5. The summed E-state index contributed by atoms with van der Waals surface area (Å²) in [6.45, 7) is 12.6. The van der Waals surface area contributed by atoms with Crippen LogP contribution in [-0.4, -0.2) is 34.5 Å². The van der Waals surface area contributed by atoms with Gasteiger partial charge in [0, 0.05) is 18.4 Å². The summed E-state index contributed by atoms with van der Waals surface area (Å²) in [5.74, 6) is 1.41. The second kappa shape index (κ2) is 10.2. The quantitative estimate of drug-likeness (QED) is 0.309. The molecule has 3 aliphatic carbocycles. The first-order valence-electron chi connectivity index (χ1n) is 12.9. The molecule has 1 saturated heterocycles. The van der Waals surface area contributed by atoms with Crippen molar-refractivity contribution in [3.8, 4) is 0 Å². The Morgan fingerprint density at radius 2 is 1.94 bits per heavy atom. The van der Waals surface area contributed by atoms with Crippen LogP contribution in [0.1, 0.15) is 65.2 Å². The lowest BCUT2D eigenvalue weighted by molar-refractivity contribution is -0.137. The molecule has 0 bridgehead atoms. The van der Waals surface area contributed by atoms with E-state index >= 15 is 0 Å². The standard InChI is InChI=1S/C30H40O4/c1-19(8-5-6-10-25-16-20(2)29(33)34-25)26-13-14-27-22(9-7-15-30(26,27)4)11-12-23-17-24(31)18-28(32)21(23)3/h5-6,8,10-12,19,24-28,31-32H,2-3,7,9,13-18H2,1,4H3/b8-5+,10-6+,22-11+,23-12-/t19-,24-,25?,26-,27+,28+,30-/m1/s1. The predicted molar refractivity (Wildman–Crippen MR) is 136 cm³/mol. The van der Waals surface area contributed by atoms with Crippen molar-refractivity contribution in [1.29, 1.82) is 0 Å². The van der Waals surface area contributed by atoms with Gasteiger partial charge in [-0.25, -0.2) is 4.79 Å². The van der Waals surface area contributed by atoms with Crippen LogP contribution in [0.2, 0.25) is 0 Å². The molecular weight excluding hydrogens is 424 g/mol. The summed E-state index contributed by atoms with van der Waals surface area (Å²) in [5.41, 5.74) is 4.10. The Labute approximate surface area is 204 Å². The van der Waals surface area contributed by atoms with Gasteiger partial charge >= 0.3 is 5.97 Å². The van der Waals surface area contributed by atoms with Gasteiger partial charge in [0.15, 0.2) is 0 Å². The highest BCUT2D eigenvalue weighted by atomic mass is 16.5. The summed E-state index contributed by atoms with van der Waals surface area (Å²) in [5, 5.41) is 20.2. The number of carbonyl (C=O) groups excluding carboxylic acids is 1. The highest BCUT2D eigenvalue weighted by Crippen LogP contribution is 2.59. The minimum atomic E-state index is -0.637. The molecule has 3 saturated carbocycles. The number of aliphatic hydroxyl groups excluding tert-OH is 2. The summed E-state index contributed by atoms with van der Waals surface area (Å²) in [7, 11) is 0. The molecule has 4 rings (SSSR count). The molecule has 1 aliphatic heterocycles. The van der Waals surface area contributed by atoms with Gasteiger partial charge in [-0.3, -0.25) is 0 Å². The van der Waals surface area contributed by atoms with E-state index in [1.54, 1.807) is 0 Å². The van der Waals surface area contributed by atoms with E-state index in [4.69, 9.17) is 4.74 Å². The summed E-state index contributed by atoms with van der Waals surface area (Å²) >= 11 is 0. The zero-order valence-corrected chi connectivity index (χ0v) is 20.7. The molecule has 0 radical (unpaired) electrons. The summed E-state index contributed by atoms with van der Waals surface area (Å²) in [6, 6.07) is 0. The minimum Gasteiger partial charge on any atom is -0.454 e. The molecule has 0 aromatic heterocycles. The van der Waals surface area contributed by atoms with E-state index < -0.39 is 12.2 Å². The third-order valence-corrected chi connectivity index (χ3v) is 8.78. The van der Waals surface area contributed by atoms with Crippen molar-refractivity contribution in [2.75, 3.05) is 0 Å². The fraction of sp³-hybridized carbons (Fsp3) is 0.567. The van der Waals surface area contributed by atoms with E-state index in [1.165, 1.54) is 31.3 Å². The van der Waals surface area contributed by atoms with Crippen LogP contribution in [0.3, 0.4) is 0 Å². The number of rotatable bonds is 5. The average Bonchev–Trinajstić information content (AvgIpc) is 3.31. The number of aliphatic hydroxyl groups is 2. The van der Waals surface area contributed by atoms with E-state index in [9.17, 15) is 15.0 Å². The molecule has 184 valence electrons. The van der Waals surface area contributed by atoms with E-state index in [2.05, 4.69) is 51.3 Å². The van der Waals surface area contributed by atoms with Gasteiger partial charge in [0.2, 0.25) is 0 Å². The van der Waals surface area contributed by atoms with Crippen LogP contribution in [-0.2, 0) is 9.53 Å². The molecule has 0 aromatic carbocycles. The number of hydrogen-bond donors (Lipinski definition) is 2. The molecule has 1 unspecified atom stereocenters. The number of fused-ring (bicyclic) bond motifs is 1. The highest BCUT2D eigenvalue weighted by molar-refractivity contribution is 5.90. The Hall–Kier alpha value is -2.17. The van der Waals surface area contributed by atoms with Crippen LogP contribution in [0.25, 0.3) is 0 Å². The second-order valence-corrected chi connectivity index (χ2v) is 11.0. The zero-order valence-electron chi connectivity index (χ0n) is 20.7. The number of allylic oxidation sites excluding steroid dienone is 6. The van der Waals surface area contributed by atoms with E-state index in [1.807, 2.05) is 12.2 Å². The van der Waals surface area contributed by atoms with Crippen molar-refractivity contribution < 1.29 is 19.7 Å². The molecule has 1 heterocycles. The Balaban J connectivity index is 1.42. The third kappa shape index (κ3) is 5.08. The first-order valence-corrected chi connectivity index (χ1v) is 12.9. The van der Waals surface area contributed by atoms with Crippen molar-refractivity contribution in [3.05, 3.63) is 71.9 Å². The zero-order chi connectivity index (χ0) is 24.5. The van der Waals surface area contributed by atoms with Gasteiger partial charge in [-0.2, -0.15) is 0 Å². The van der Waals surface area contributed by atoms with Crippen LogP contribution >= 0.6 is 0 Å². The van der Waals surface area contributed by atoms with E-state index in [0.717, 1.165) is 17.6 Å². The van der Waals surface area contributed by atoms with Gasteiger partial charge in [0.1, 0.15) is 6.10 Å². The Bertz CT molecular complexity index is 935. The number of hydrogen-bond acceptors (Lipinski definition) is 4. The van der Waals surface area contributed by atoms with Crippen molar-refractivity contribution >= 4 is 5.97 Å². The first-order chi connectivity index (χ1) is 16.2. The smallest absolute Gasteiger partial charge is 0.334 e. The van der Waals surface area contributed by atoms with Crippen LogP contribution < -0.4 is 0 Å². The monoisotopic (exact) mass is 464 g/mol. The molecule has 4 fully saturated rings. The number of carbonyl (C=O) groups is 1. The molecule has 7 atom stereocenters. The van der Waals surface area contributed by atoms with Crippen LogP contribution in [0.15, 0.2) is 71.9 Å². The van der Waals surface area contributed by atoms with E-state index in [0.29, 0.717) is 42.6 Å². The Morgan fingerprint density at radius 3 is 2.68 bits per heavy atom. The van der Waals surface area contributed by atoms with Gasteiger partial charge in [0.25, 0.3) is 0 Å². The molecule has 4 aliphatic rings. The molecule has 2 N–H and O–H groups in total. The summed E-state index contributed by atoms with van der Waals surface area (Å²) in [6.07, 6.45) is 19.0. The van der Waals surface area contributed by atoms with Gasteiger partial charge in [0.05, 0.1) is 12.2 Å². The van der Waals surface area contributed by atoms with Crippen LogP contribution in [0.5, 0.6) is 0 Å². The predicted octanol–water partition coefficient (Wildman–Crippen LogP) is 5.75. The first kappa shape index (κ1) is 24.9. The fourth-order valence-electron chi connectivity index (χ4n) is 6.87. The largest absolute Gasteiger partial charge is 0.454 e. The Morgan fingerprint density at radius 1 is 1.15 bits per heavy atom. The van der Waals surface area contributed by atoms with Crippen molar-refractivity contribution in [2.45, 2.75) is 83.5 Å². The minimum absolute atomic E-state index is 0.184. The fourth-order valence-corrected chi connectivity index (χ4v) is 6.87. The normalized spacial score (nSPS) is 40.0. The van der Waals surface area contributed by atoms with Crippen molar-refractivity contribution in [3.63, 3.8) is 0 Å². The lowest BCUT2D eigenvalue weighted by atomic mass is 9.61. The van der Waals surface area contributed by atoms with Gasteiger partial charge < -0.3 is 14.9 Å². The third-order valence-electron chi connectivity index (χ3n) is 8.78.